The third-order valence-electron chi connectivity index (χ3n) is 3.49. The molecule has 0 atom stereocenters. The van der Waals surface area contributed by atoms with Crippen molar-refractivity contribution in [3.63, 3.8) is 0 Å². The highest BCUT2D eigenvalue weighted by molar-refractivity contribution is 7.12. The van der Waals surface area contributed by atoms with Gasteiger partial charge in [-0.15, -0.1) is 11.3 Å². The third kappa shape index (κ3) is 4.92. The van der Waals surface area contributed by atoms with Crippen molar-refractivity contribution < 1.29 is 5.11 Å². The molecular weight excluding hydrogens is 268 g/mol. The summed E-state index contributed by atoms with van der Waals surface area (Å²) in [7, 11) is 0. The van der Waals surface area contributed by atoms with E-state index in [0.717, 1.165) is 11.4 Å². The number of rotatable bonds is 5. The predicted octanol–water partition coefficient (Wildman–Crippen LogP) is 2.01. The summed E-state index contributed by atoms with van der Waals surface area (Å²) in [6.07, 6.45) is 1.81. The molecule has 2 heterocycles. The van der Waals surface area contributed by atoms with E-state index in [2.05, 4.69) is 40.7 Å². The molecule has 1 aromatic heterocycles. The second-order valence-electron chi connectivity index (χ2n) is 5.16. The van der Waals surface area contributed by atoms with E-state index < -0.39 is 0 Å². The predicted molar refractivity (Wildman–Crippen MR) is 84.9 cm³/mol. The first-order chi connectivity index (χ1) is 9.81. The van der Waals surface area contributed by atoms with E-state index in [4.69, 9.17) is 5.11 Å². The highest BCUT2D eigenvalue weighted by Crippen LogP contribution is 2.18. The zero-order valence-electron chi connectivity index (χ0n) is 12.3. The van der Waals surface area contributed by atoms with Gasteiger partial charge >= 0.3 is 0 Å². The molecule has 1 saturated heterocycles. The maximum atomic E-state index is 8.72. The molecule has 3 nitrogen and oxygen atoms in total. The number of hydrogen-bond donors (Lipinski definition) is 1. The summed E-state index contributed by atoms with van der Waals surface area (Å²) in [6, 6.07) is 4.28. The third-order valence-corrected chi connectivity index (χ3v) is 4.48. The molecule has 0 radical (unpaired) electrons. The summed E-state index contributed by atoms with van der Waals surface area (Å²) in [5.41, 5.74) is 0. The Morgan fingerprint density at radius 1 is 1.20 bits per heavy atom. The lowest BCUT2D eigenvalue weighted by atomic mass is 10.3. The average Bonchev–Trinajstić information content (AvgIpc) is 2.89. The van der Waals surface area contributed by atoms with Crippen molar-refractivity contribution in [1.29, 1.82) is 0 Å². The minimum absolute atomic E-state index is 0.146. The molecule has 1 aliphatic heterocycles. The van der Waals surface area contributed by atoms with Crippen molar-refractivity contribution in [3.05, 3.63) is 21.9 Å². The standard InChI is InChI=1S/C16H24N2OS/c1-2-8-17-9-11-18(12-10-17)14-16-7-6-15(20-16)5-3-4-13-19/h6-7,19H,2,4,8-14H2,1H3. The Labute approximate surface area is 126 Å². The fraction of sp³-hybridized carbons (Fsp3) is 0.625. The maximum absolute atomic E-state index is 8.72. The van der Waals surface area contributed by atoms with E-state index in [9.17, 15) is 0 Å². The van der Waals surface area contributed by atoms with Crippen molar-refractivity contribution in [2.75, 3.05) is 39.3 Å². The van der Waals surface area contributed by atoms with Gasteiger partial charge in [0.2, 0.25) is 0 Å². The first-order valence-corrected chi connectivity index (χ1v) is 8.26. The van der Waals surface area contributed by atoms with Gasteiger partial charge in [0.25, 0.3) is 0 Å². The summed E-state index contributed by atoms with van der Waals surface area (Å²) < 4.78 is 0. The quantitative estimate of drug-likeness (QED) is 0.841. The molecule has 0 bridgehead atoms. The number of nitrogens with zero attached hydrogens (tertiary/aromatic N) is 2. The summed E-state index contributed by atoms with van der Waals surface area (Å²) in [6.45, 7) is 9.41. The van der Waals surface area contributed by atoms with Crippen LogP contribution >= 0.6 is 11.3 Å². The van der Waals surface area contributed by atoms with Crippen LogP contribution in [-0.2, 0) is 6.54 Å². The Kier molecular flexibility index (Phi) is 6.55. The van der Waals surface area contributed by atoms with Gasteiger partial charge in [-0.2, -0.15) is 0 Å². The van der Waals surface area contributed by atoms with E-state index in [1.807, 2.05) is 0 Å². The SMILES string of the molecule is CCCN1CCN(Cc2ccc(C#CCCO)s2)CC1. The van der Waals surface area contributed by atoms with Gasteiger partial charge in [-0.3, -0.25) is 4.90 Å². The Morgan fingerprint density at radius 2 is 1.95 bits per heavy atom. The molecule has 0 spiro atoms. The average molecular weight is 292 g/mol. The van der Waals surface area contributed by atoms with Crippen molar-refractivity contribution in [2.45, 2.75) is 26.3 Å². The van der Waals surface area contributed by atoms with Crippen LogP contribution in [0.5, 0.6) is 0 Å². The summed E-state index contributed by atoms with van der Waals surface area (Å²) >= 11 is 1.78. The molecule has 1 aromatic rings. The largest absolute Gasteiger partial charge is 0.395 e. The number of aliphatic hydroxyl groups is 1. The Bertz CT molecular complexity index is 453. The van der Waals surface area contributed by atoms with E-state index in [1.165, 1.54) is 44.0 Å². The topological polar surface area (TPSA) is 26.7 Å². The molecule has 2 rings (SSSR count). The molecule has 0 aliphatic carbocycles. The lowest BCUT2D eigenvalue weighted by Crippen LogP contribution is -2.45. The highest BCUT2D eigenvalue weighted by Gasteiger charge is 2.16. The van der Waals surface area contributed by atoms with Crippen LogP contribution in [0.25, 0.3) is 0 Å². The maximum Gasteiger partial charge on any atom is 0.0771 e. The van der Waals surface area contributed by atoms with Gasteiger partial charge in [0.1, 0.15) is 0 Å². The molecule has 0 unspecified atom stereocenters. The van der Waals surface area contributed by atoms with Crippen LogP contribution in [0.1, 0.15) is 29.5 Å². The second kappa shape index (κ2) is 8.43. The molecule has 1 fully saturated rings. The molecule has 0 aromatic carbocycles. The van der Waals surface area contributed by atoms with Crippen molar-refractivity contribution in [1.82, 2.24) is 9.80 Å². The Hall–Kier alpha value is -0.860. The normalized spacial score (nSPS) is 16.9. The fourth-order valence-electron chi connectivity index (χ4n) is 2.44. The number of thiophene rings is 1. The van der Waals surface area contributed by atoms with Gasteiger partial charge in [0, 0.05) is 44.0 Å². The summed E-state index contributed by atoms with van der Waals surface area (Å²) in [5.74, 6) is 6.09. The van der Waals surface area contributed by atoms with Gasteiger partial charge < -0.3 is 10.0 Å². The second-order valence-corrected chi connectivity index (χ2v) is 6.33. The van der Waals surface area contributed by atoms with Crippen LogP contribution in [0, 0.1) is 11.8 Å². The van der Waals surface area contributed by atoms with Gasteiger partial charge in [-0.1, -0.05) is 18.8 Å². The minimum atomic E-state index is 0.146. The smallest absolute Gasteiger partial charge is 0.0771 e. The van der Waals surface area contributed by atoms with E-state index >= 15 is 0 Å². The van der Waals surface area contributed by atoms with E-state index in [0.29, 0.717) is 6.42 Å². The summed E-state index contributed by atoms with van der Waals surface area (Å²) in [5, 5.41) is 8.72. The van der Waals surface area contributed by atoms with E-state index in [1.54, 1.807) is 11.3 Å². The lowest BCUT2D eigenvalue weighted by Gasteiger charge is -2.34. The van der Waals surface area contributed by atoms with Gasteiger partial charge in [0.05, 0.1) is 11.5 Å². The zero-order chi connectivity index (χ0) is 14.2. The van der Waals surface area contributed by atoms with Crippen molar-refractivity contribution in [2.24, 2.45) is 0 Å². The Morgan fingerprint density at radius 3 is 2.65 bits per heavy atom. The molecule has 4 heteroatoms. The first-order valence-electron chi connectivity index (χ1n) is 7.45. The molecule has 0 amide bonds. The van der Waals surface area contributed by atoms with Crippen LogP contribution < -0.4 is 0 Å². The van der Waals surface area contributed by atoms with Crippen molar-refractivity contribution in [3.8, 4) is 11.8 Å². The van der Waals surface area contributed by atoms with Crippen LogP contribution in [0.3, 0.4) is 0 Å². The van der Waals surface area contributed by atoms with Gasteiger partial charge in [-0.25, -0.2) is 0 Å². The Balaban J connectivity index is 1.79. The number of piperazine rings is 1. The van der Waals surface area contributed by atoms with Crippen LogP contribution in [0.15, 0.2) is 12.1 Å². The first kappa shape index (κ1) is 15.5. The molecular formula is C16H24N2OS. The summed E-state index contributed by atoms with van der Waals surface area (Å²) in [4.78, 5) is 7.58. The van der Waals surface area contributed by atoms with Crippen molar-refractivity contribution >= 4 is 11.3 Å². The minimum Gasteiger partial charge on any atom is -0.395 e. The van der Waals surface area contributed by atoms with E-state index in [-0.39, 0.29) is 6.61 Å². The molecule has 1 aliphatic rings. The zero-order valence-corrected chi connectivity index (χ0v) is 13.1. The van der Waals surface area contributed by atoms with Gasteiger partial charge in [0.15, 0.2) is 0 Å². The molecule has 1 N–H and O–H groups in total. The van der Waals surface area contributed by atoms with Gasteiger partial charge in [-0.05, 0) is 25.1 Å². The lowest BCUT2D eigenvalue weighted by molar-refractivity contribution is 0.128. The number of aliphatic hydroxyl groups excluding tert-OH is 1. The molecule has 110 valence electrons. The fourth-order valence-corrected chi connectivity index (χ4v) is 3.37. The van der Waals surface area contributed by atoms with Crippen LogP contribution in [-0.4, -0.2) is 54.2 Å². The monoisotopic (exact) mass is 292 g/mol. The number of hydrogen-bond acceptors (Lipinski definition) is 4. The van der Waals surface area contributed by atoms with Crippen LogP contribution in [0.4, 0.5) is 0 Å². The molecule has 20 heavy (non-hydrogen) atoms. The highest BCUT2D eigenvalue weighted by atomic mass is 32.1. The van der Waals surface area contributed by atoms with Crippen LogP contribution in [0.2, 0.25) is 0 Å². The molecule has 0 saturated carbocycles.